The molecule has 3 aromatic heterocycles. The summed E-state index contributed by atoms with van der Waals surface area (Å²) in [6, 6.07) is 4.84. The summed E-state index contributed by atoms with van der Waals surface area (Å²) in [5, 5.41) is 10.3. The highest BCUT2D eigenvalue weighted by Gasteiger charge is 2.26. The number of hydrogen-bond acceptors (Lipinski definition) is 7. The molecule has 2 bridgehead atoms. The number of benzene rings is 1. The fraction of sp³-hybridized carbons (Fsp3) is 0.217. The van der Waals surface area contributed by atoms with Crippen LogP contribution >= 0.6 is 11.6 Å². The van der Waals surface area contributed by atoms with Crippen molar-refractivity contribution in [2.75, 3.05) is 17.6 Å². The highest BCUT2D eigenvalue weighted by Crippen LogP contribution is 2.38. The second-order valence-corrected chi connectivity index (χ2v) is 8.63. The molecule has 0 fully saturated rings. The molecule has 0 saturated carbocycles. The van der Waals surface area contributed by atoms with Crippen LogP contribution in [0.4, 0.5) is 20.4 Å². The molecule has 2 atom stereocenters. The first-order chi connectivity index (χ1) is 16.7. The fourth-order valence-corrected chi connectivity index (χ4v) is 4.09. The standard InChI is InChI=1S/C23H20ClF2N7O2/c1-10-7-28-22(34)16-9-30-33-19(27)18(14-4-3-12(24)5-17(14)26)20(32-21(16)33)31-11(2)15-6-13(25)8-29-23(15)35-10/h3-6,8-11H,7,27H2,1-2H3,(H,28,34)(H,31,32)/t10-,11+/m0/s1. The number of anilines is 2. The molecule has 12 heteroatoms. The molecule has 1 aromatic carbocycles. The van der Waals surface area contributed by atoms with E-state index in [0.29, 0.717) is 5.56 Å². The SMILES string of the molecule is C[C@H]1CNC(=O)c2cnn3c(N)c(-c4ccc(Cl)cc4F)c(nc23)N[C@H](C)c2cc(F)cnc2O1. The van der Waals surface area contributed by atoms with Gasteiger partial charge in [0.25, 0.3) is 5.91 Å². The van der Waals surface area contributed by atoms with E-state index < -0.39 is 29.7 Å². The van der Waals surface area contributed by atoms with Crippen LogP contribution in [-0.2, 0) is 0 Å². The molecule has 4 N–H and O–H groups in total. The number of rotatable bonds is 1. The summed E-state index contributed by atoms with van der Waals surface area (Å²) in [5.41, 5.74) is 7.49. The Balaban J connectivity index is 1.77. The summed E-state index contributed by atoms with van der Waals surface area (Å²) in [6.07, 6.45) is 1.90. The van der Waals surface area contributed by atoms with Crippen LogP contribution in [0.2, 0.25) is 5.02 Å². The zero-order valence-electron chi connectivity index (χ0n) is 18.6. The van der Waals surface area contributed by atoms with E-state index >= 15 is 0 Å². The minimum atomic E-state index is -0.630. The number of amides is 1. The predicted molar refractivity (Wildman–Crippen MR) is 126 cm³/mol. The van der Waals surface area contributed by atoms with Crippen molar-refractivity contribution in [2.45, 2.75) is 26.0 Å². The fourth-order valence-electron chi connectivity index (χ4n) is 3.94. The summed E-state index contributed by atoms with van der Waals surface area (Å²) < 4.78 is 36.3. The Labute approximate surface area is 203 Å². The molecule has 0 aliphatic carbocycles. The van der Waals surface area contributed by atoms with Gasteiger partial charge in [0.1, 0.15) is 34.9 Å². The van der Waals surface area contributed by atoms with Crippen LogP contribution < -0.4 is 21.1 Å². The van der Waals surface area contributed by atoms with Crippen molar-refractivity contribution < 1.29 is 18.3 Å². The third-order valence-electron chi connectivity index (χ3n) is 5.66. The Morgan fingerprint density at radius 1 is 1.20 bits per heavy atom. The lowest BCUT2D eigenvalue weighted by atomic mass is 10.0. The number of carbonyl (C=O) groups excluding carboxylic acids is 1. The van der Waals surface area contributed by atoms with E-state index in [0.717, 1.165) is 12.3 Å². The van der Waals surface area contributed by atoms with Crippen LogP contribution in [0.15, 0.2) is 36.7 Å². The molecule has 0 radical (unpaired) electrons. The van der Waals surface area contributed by atoms with Gasteiger partial charge in [0, 0.05) is 16.1 Å². The van der Waals surface area contributed by atoms with E-state index in [9.17, 15) is 13.6 Å². The third kappa shape index (κ3) is 4.08. The molecule has 4 aromatic rings. The quantitative estimate of drug-likeness (QED) is 0.362. The van der Waals surface area contributed by atoms with Crippen LogP contribution in [0.5, 0.6) is 5.88 Å². The van der Waals surface area contributed by atoms with E-state index in [1.54, 1.807) is 13.8 Å². The molecule has 0 unspecified atom stereocenters. The van der Waals surface area contributed by atoms with Crippen LogP contribution in [-0.4, -0.2) is 38.1 Å². The summed E-state index contributed by atoms with van der Waals surface area (Å²) in [5.74, 6) is -1.25. The maximum absolute atomic E-state index is 15.0. The van der Waals surface area contributed by atoms with Gasteiger partial charge in [-0.1, -0.05) is 11.6 Å². The minimum Gasteiger partial charge on any atom is -0.473 e. The maximum Gasteiger partial charge on any atom is 0.256 e. The van der Waals surface area contributed by atoms with Gasteiger partial charge in [0.15, 0.2) is 5.65 Å². The number of aromatic nitrogens is 4. The second-order valence-electron chi connectivity index (χ2n) is 8.19. The average molecular weight is 500 g/mol. The molecular formula is C23H20ClF2N7O2. The minimum absolute atomic E-state index is 0.0436. The monoisotopic (exact) mass is 499 g/mol. The summed E-state index contributed by atoms with van der Waals surface area (Å²) in [4.78, 5) is 21.6. The van der Waals surface area contributed by atoms with E-state index in [-0.39, 0.29) is 51.4 Å². The first kappa shape index (κ1) is 22.8. The molecule has 5 rings (SSSR count). The van der Waals surface area contributed by atoms with Gasteiger partial charge in [-0.15, -0.1) is 0 Å². The van der Waals surface area contributed by atoms with Crippen LogP contribution in [0.25, 0.3) is 16.8 Å². The van der Waals surface area contributed by atoms with Gasteiger partial charge in [-0.25, -0.2) is 18.7 Å². The summed E-state index contributed by atoms with van der Waals surface area (Å²) >= 11 is 5.94. The Bertz CT molecular complexity index is 1480. The number of ether oxygens (including phenoxy) is 1. The lowest BCUT2D eigenvalue weighted by Gasteiger charge is -2.22. The molecule has 4 heterocycles. The molecule has 0 spiro atoms. The highest BCUT2D eigenvalue weighted by atomic mass is 35.5. The molecular weight excluding hydrogens is 480 g/mol. The number of nitrogens with one attached hydrogen (secondary N) is 2. The van der Waals surface area contributed by atoms with Gasteiger partial charge in [-0.2, -0.15) is 9.61 Å². The first-order valence-electron chi connectivity index (χ1n) is 10.7. The molecule has 35 heavy (non-hydrogen) atoms. The van der Waals surface area contributed by atoms with Gasteiger partial charge < -0.3 is 21.1 Å². The Morgan fingerprint density at radius 2 is 2.00 bits per heavy atom. The Morgan fingerprint density at radius 3 is 2.77 bits per heavy atom. The zero-order chi connectivity index (χ0) is 24.9. The van der Waals surface area contributed by atoms with Gasteiger partial charge in [0.05, 0.1) is 30.5 Å². The molecule has 1 aliphatic rings. The van der Waals surface area contributed by atoms with Crippen molar-refractivity contribution >= 4 is 34.8 Å². The summed E-state index contributed by atoms with van der Waals surface area (Å²) in [6.45, 7) is 3.64. The number of nitrogens with two attached hydrogens (primary N) is 1. The van der Waals surface area contributed by atoms with E-state index in [2.05, 4.69) is 25.7 Å². The van der Waals surface area contributed by atoms with Crippen molar-refractivity contribution in [2.24, 2.45) is 0 Å². The number of pyridine rings is 1. The van der Waals surface area contributed by atoms with Gasteiger partial charge in [0.2, 0.25) is 5.88 Å². The molecule has 1 aliphatic heterocycles. The zero-order valence-corrected chi connectivity index (χ0v) is 19.4. The first-order valence-corrected chi connectivity index (χ1v) is 11.1. The normalized spacial score (nSPS) is 18.0. The largest absolute Gasteiger partial charge is 0.473 e. The maximum atomic E-state index is 15.0. The molecule has 1 amide bonds. The molecule has 0 saturated heterocycles. The number of nitrogens with zero attached hydrogens (tertiary/aromatic N) is 4. The highest BCUT2D eigenvalue weighted by molar-refractivity contribution is 6.30. The Kier molecular flexibility index (Phi) is 5.64. The number of nitrogen functional groups attached to an aromatic ring is 1. The number of halogens is 3. The van der Waals surface area contributed by atoms with E-state index in [1.807, 2.05) is 0 Å². The Hall–Kier alpha value is -3.99. The molecule has 180 valence electrons. The number of hydrogen-bond donors (Lipinski definition) is 3. The van der Waals surface area contributed by atoms with Crippen LogP contribution in [0.1, 0.15) is 35.8 Å². The van der Waals surface area contributed by atoms with Crippen LogP contribution in [0.3, 0.4) is 0 Å². The lowest BCUT2D eigenvalue weighted by Crippen LogP contribution is -2.34. The summed E-state index contributed by atoms with van der Waals surface area (Å²) in [7, 11) is 0. The van der Waals surface area contributed by atoms with Crippen LogP contribution in [0, 0.1) is 11.6 Å². The van der Waals surface area contributed by atoms with E-state index in [4.69, 9.17) is 22.1 Å². The van der Waals surface area contributed by atoms with Gasteiger partial charge in [-0.05, 0) is 38.1 Å². The lowest BCUT2D eigenvalue weighted by molar-refractivity contribution is 0.0932. The van der Waals surface area contributed by atoms with Crippen molar-refractivity contribution in [1.29, 1.82) is 0 Å². The van der Waals surface area contributed by atoms with Gasteiger partial charge >= 0.3 is 0 Å². The van der Waals surface area contributed by atoms with Gasteiger partial charge in [-0.3, -0.25) is 4.79 Å². The van der Waals surface area contributed by atoms with Crippen molar-refractivity contribution in [1.82, 2.24) is 24.9 Å². The van der Waals surface area contributed by atoms with Crippen molar-refractivity contribution in [3.8, 4) is 17.0 Å². The topological polar surface area (TPSA) is 119 Å². The predicted octanol–water partition coefficient (Wildman–Crippen LogP) is 3.99. The second kappa shape index (κ2) is 8.66. The molecule has 9 nitrogen and oxygen atoms in total. The van der Waals surface area contributed by atoms with Crippen molar-refractivity contribution in [3.05, 3.63) is 64.4 Å². The van der Waals surface area contributed by atoms with Crippen molar-refractivity contribution in [3.63, 3.8) is 0 Å². The third-order valence-corrected chi connectivity index (χ3v) is 5.89. The number of carbonyl (C=O) groups is 1. The number of fused-ring (bicyclic) bond motifs is 2. The van der Waals surface area contributed by atoms with E-state index in [1.165, 1.54) is 28.9 Å². The average Bonchev–Trinajstić information content (AvgIpc) is 3.23. The smallest absolute Gasteiger partial charge is 0.256 e.